The van der Waals surface area contributed by atoms with Crippen molar-refractivity contribution in [2.75, 3.05) is 6.54 Å². The Morgan fingerprint density at radius 1 is 1.24 bits per heavy atom. The predicted molar refractivity (Wildman–Crippen MR) is 67.7 cm³/mol. The molecule has 0 spiro atoms. The van der Waals surface area contributed by atoms with Gasteiger partial charge in [-0.2, -0.15) is 0 Å². The maximum absolute atomic E-state index is 4.79. The van der Waals surface area contributed by atoms with Crippen LogP contribution in [-0.4, -0.2) is 11.7 Å². The van der Waals surface area contributed by atoms with Crippen LogP contribution in [0.15, 0.2) is 47.3 Å². The van der Waals surface area contributed by atoms with Gasteiger partial charge < -0.3 is 9.84 Å². The van der Waals surface area contributed by atoms with E-state index in [1.807, 2.05) is 6.07 Å². The van der Waals surface area contributed by atoms with Crippen LogP contribution in [0.5, 0.6) is 0 Å². The molecule has 3 nitrogen and oxygen atoms in total. The summed E-state index contributed by atoms with van der Waals surface area (Å²) in [4.78, 5) is 0. The van der Waals surface area contributed by atoms with Crippen LogP contribution in [0, 0.1) is 0 Å². The normalized spacial score (nSPS) is 11.6. The molecular formula is C14H18N2O. The van der Waals surface area contributed by atoms with E-state index in [0.717, 1.165) is 18.7 Å². The molecule has 0 aliphatic carbocycles. The van der Waals surface area contributed by atoms with Crippen molar-refractivity contribution in [1.82, 2.24) is 10.5 Å². The van der Waals surface area contributed by atoms with Crippen LogP contribution >= 0.6 is 0 Å². The van der Waals surface area contributed by atoms with Gasteiger partial charge in [-0.25, -0.2) is 0 Å². The molecule has 90 valence electrons. The van der Waals surface area contributed by atoms with E-state index in [9.17, 15) is 0 Å². The van der Waals surface area contributed by atoms with Crippen LogP contribution in [0.25, 0.3) is 0 Å². The minimum Gasteiger partial charge on any atom is -0.364 e. The lowest BCUT2D eigenvalue weighted by Gasteiger charge is -2.25. The summed E-state index contributed by atoms with van der Waals surface area (Å²) in [5.74, 6) is 0. The fourth-order valence-corrected chi connectivity index (χ4v) is 1.82. The van der Waals surface area contributed by atoms with Crippen LogP contribution in [0.2, 0.25) is 0 Å². The first-order chi connectivity index (χ1) is 8.18. The zero-order chi connectivity index (χ0) is 12.1. The molecule has 2 rings (SSSR count). The molecule has 0 saturated carbocycles. The average Bonchev–Trinajstić information content (AvgIpc) is 2.83. The van der Waals surface area contributed by atoms with Crippen LogP contribution in [0.3, 0.4) is 0 Å². The zero-order valence-electron chi connectivity index (χ0n) is 10.3. The lowest BCUT2D eigenvalue weighted by molar-refractivity contribution is 0.417. The fraction of sp³-hybridized carbons (Fsp3) is 0.357. The molecule has 0 atom stereocenters. The van der Waals surface area contributed by atoms with Crippen molar-refractivity contribution < 1.29 is 4.52 Å². The molecule has 0 aliphatic rings. The largest absolute Gasteiger partial charge is 0.364 e. The SMILES string of the molecule is CC(C)(CNCc1cnoc1)c1ccccc1. The van der Waals surface area contributed by atoms with Gasteiger partial charge in [0.2, 0.25) is 0 Å². The number of nitrogens with zero attached hydrogens (tertiary/aromatic N) is 1. The first kappa shape index (κ1) is 11.9. The minimum absolute atomic E-state index is 0.123. The number of aromatic nitrogens is 1. The Morgan fingerprint density at radius 2 is 2.00 bits per heavy atom. The van der Waals surface area contributed by atoms with E-state index in [0.29, 0.717) is 0 Å². The summed E-state index contributed by atoms with van der Waals surface area (Å²) in [6.07, 6.45) is 3.41. The molecule has 3 heteroatoms. The molecule has 0 saturated heterocycles. The Labute approximate surface area is 102 Å². The minimum atomic E-state index is 0.123. The summed E-state index contributed by atoms with van der Waals surface area (Å²) in [7, 11) is 0. The molecule has 0 fully saturated rings. The van der Waals surface area contributed by atoms with E-state index in [4.69, 9.17) is 4.52 Å². The van der Waals surface area contributed by atoms with Crippen molar-refractivity contribution >= 4 is 0 Å². The summed E-state index contributed by atoms with van der Waals surface area (Å²) in [6.45, 7) is 6.19. The number of hydrogen-bond acceptors (Lipinski definition) is 3. The monoisotopic (exact) mass is 230 g/mol. The van der Waals surface area contributed by atoms with E-state index >= 15 is 0 Å². The second-order valence-electron chi connectivity index (χ2n) is 4.89. The third kappa shape index (κ3) is 3.17. The van der Waals surface area contributed by atoms with Crippen LogP contribution in [0.4, 0.5) is 0 Å². The predicted octanol–water partition coefficient (Wildman–Crippen LogP) is 2.74. The molecule has 0 bridgehead atoms. The van der Waals surface area contributed by atoms with Gasteiger partial charge >= 0.3 is 0 Å². The van der Waals surface area contributed by atoms with E-state index in [2.05, 4.69) is 48.6 Å². The van der Waals surface area contributed by atoms with E-state index < -0.39 is 0 Å². The van der Waals surface area contributed by atoms with Crippen molar-refractivity contribution in [2.45, 2.75) is 25.8 Å². The Kier molecular flexibility index (Phi) is 3.59. The molecule has 1 aromatic heterocycles. The number of benzene rings is 1. The lowest BCUT2D eigenvalue weighted by atomic mass is 9.84. The third-order valence-corrected chi connectivity index (χ3v) is 2.93. The summed E-state index contributed by atoms with van der Waals surface area (Å²) >= 11 is 0. The van der Waals surface area contributed by atoms with Gasteiger partial charge in [-0.15, -0.1) is 0 Å². The highest BCUT2D eigenvalue weighted by atomic mass is 16.5. The molecule has 0 amide bonds. The molecule has 2 aromatic rings. The van der Waals surface area contributed by atoms with E-state index in [1.165, 1.54) is 5.56 Å². The first-order valence-electron chi connectivity index (χ1n) is 5.83. The van der Waals surface area contributed by atoms with Crippen molar-refractivity contribution in [3.8, 4) is 0 Å². The topological polar surface area (TPSA) is 38.1 Å². The second-order valence-corrected chi connectivity index (χ2v) is 4.89. The van der Waals surface area contributed by atoms with Gasteiger partial charge in [-0.05, 0) is 5.56 Å². The molecular weight excluding hydrogens is 212 g/mol. The highest BCUT2D eigenvalue weighted by Gasteiger charge is 2.19. The van der Waals surface area contributed by atoms with Crippen molar-refractivity contribution in [3.63, 3.8) is 0 Å². The van der Waals surface area contributed by atoms with Crippen LogP contribution in [-0.2, 0) is 12.0 Å². The van der Waals surface area contributed by atoms with Gasteiger partial charge in [0.05, 0.1) is 6.20 Å². The van der Waals surface area contributed by atoms with Gasteiger partial charge in [0.1, 0.15) is 6.26 Å². The molecule has 1 aromatic carbocycles. The zero-order valence-corrected chi connectivity index (χ0v) is 10.3. The van der Waals surface area contributed by atoms with E-state index in [-0.39, 0.29) is 5.41 Å². The van der Waals surface area contributed by atoms with Crippen molar-refractivity contribution in [3.05, 3.63) is 53.9 Å². The fourth-order valence-electron chi connectivity index (χ4n) is 1.82. The maximum Gasteiger partial charge on any atom is 0.128 e. The van der Waals surface area contributed by atoms with Crippen LogP contribution < -0.4 is 5.32 Å². The summed E-state index contributed by atoms with van der Waals surface area (Å²) in [5.41, 5.74) is 2.55. The smallest absolute Gasteiger partial charge is 0.128 e. The Balaban J connectivity index is 1.90. The summed E-state index contributed by atoms with van der Waals surface area (Å²) in [5, 5.41) is 7.11. The molecule has 0 radical (unpaired) electrons. The summed E-state index contributed by atoms with van der Waals surface area (Å²) in [6, 6.07) is 10.5. The second kappa shape index (κ2) is 5.15. The number of nitrogens with one attached hydrogen (secondary N) is 1. The van der Waals surface area contributed by atoms with Crippen molar-refractivity contribution in [2.24, 2.45) is 0 Å². The number of hydrogen-bond donors (Lipinski definition) is 1. The molecule has 1 heterocycles. The quantitative estimate of drug-likeness (QED) is 0.858. The van der Waals surface area contributed by atoms with Crippen molar-refractivity contribution in [1.29, 1.82) is 0 Å². The molecule has 17 heavy (non-hydrogen) atoms. The highest BCUT2D eigenvalue weighted by molar-refractivity contribution is 5.23. The van der Waals surface area contributed by atoms with E-state index in [1.54, 1.807) is 12.5 Å². The third-order valence-electron chi connectivity index (χ3n) is 2.93. The van der Waals surface area contributed by atoms with Gasteiger partial charge in [0.15, 0.2) is 0 Å². The van der Waals surface area contributed by atoms with Gasteiger partial charge in [0.25, 0.3) is 0 Å². The highest BCUT2D eigenvalue weighted by Crippen LogP contribution is 2.21. The van der Waals surface area contributed by atoms with Gasteiger partial charge in [-0.3, -0.25) is 0 Å². The van der Waals surface area contributed by atoms with Gasteiger partial charge in [-0.1, -0.05) is 49.3 Å². The molecule has 0 aliphatic heterocycles. The molecule has 1 N–H and O–H groups in total. The van der Waals surface area contributed by atoms with Gasteiger partial charge in [0, 0.05) is 24.1 Å². The molecule has 0 unspecified atom stereocenters. The number of rotatable bonds is 5. The first-order valence-corrected chi connectivity index (χ1v) is 5.83. The Hall–Kier alpha value is -1.61. The standard InChI is InChI=1S/C14H18N2O/c1-14(2,13-6-4-3-5-7-13)11-15-8-12-9-16-17-10-12/h3-7,9-10,15H,8,11H2,1-2H3. The van der Waals surface area contributed by atoms with Crippen LogP contribution in [0.1, 0.15) is 25.0 Å². The Bertz CT molecular complexity index is 435. The summed E-state index contributed by atoms with van der Waals surface area (Å²) < 4.78 is 4.79. The average molecular weight is 230 g/mol. The Morgan fingerprint density at radius 3 is 2.65 bits per heavy atom. The lowest BCUT2D eigenvalue weighted by Crippen LogP contribution is -2.32. The maximum atomic E-state index is 4.79.